The maximum Gasteiger partial charge on any atom is 0.166 e. The van der Waals surface area contributed by atoms with Crippen molar-refractivity contribution in [3.8, 4) is 0 Å². The molecule has 1 rings (SSSR count). The molecule has 0 aliphatic heterocycles. The molecule has 0 aromatic carbocycles. The summed E-state index contributed by atoms with van der Waals surface area (Å²) >= 11 is 5.09. The van der Waals surface area contributed by atoms with Crippen molar-refractivity contribution in [2.45, 2.75) is 44.6 Å². The zero-order valence-electron chi connectivity index (χ0n) is 7.94. The molecule has 1 aliphatic carbocycles. The molecule has 0 aromatic rings. The summed E-state index contributed by atoms with van der Waals surface area (Å²) < 4.78 is 0. The van der Waals surface area contributed by atoms with Crippen molar-refractivity contribution >= 4 is 17.3 Å². The van der Waals surface area contributed by atoms with Crippen LogP contribution in [0.2, 0.25) is 0 Å². The average molecular weight is 186 g/mol. The predicted molar refractivity (Wildman–Crippen MR) is 56.3 cm³/mol. The van der Waals surface area contributed by atoms with Crippen LogP contribution >= 0.6 is 12.2 Å². The Morgan fingerprint density at radius 2 is 1.83 bits per heavy atom. The van der Waals surface area contributed by atoms with E-state index in [1.54, 1.807) is 0 Å². The van der Waals surface area contributed by atoms with E-state index in [9.17, 15) is 0 Å². The molecule has 70 valence electrons. The molecule has 1 saturated carbocycles. The number of nitrogens with one attached hydrogen (secondary N) is 2. The minimum absolute atomic E-state index is 0.248. The maximum absolute atomic E-state index is 5.09. The molecule has 0 saturated heterocycles. The summed E-state index contributed by atoms with van der Waals surface area (Å²) in [7, 11) is 1.86. The van der Waals surface area contributed by atoms with Crippen molar-refractivity contribution < 1.29 is 0 Å². The van der Waals surface area contributed by atoms with E-state index in [4.69, 9.17) is 12.2 Å². The quantitative estimate of drug-likeness (QED) is 0.611. The second-order valence-corrected chi connectivity index (χ2v) is 4.23. The molecule has 0 spiro atoms. The highest BCUT2D eigenvalue weighted by Gasteiger charge is 2.26. The van der Waals surface area contributed by atoms with Crippen LogP contribution < -0.4 is 10.6 Å². The first-order chi connectivity index (χ1) is 5.66. The molecular formula is C9H18N2S. The van der Waals surface area contributed by atoms with Gasteiger partial charge in [0.2, 0.25) is 0 Å². The Morgan fingerprint density at radius 3 is 2.33 bits per heavy atom. The molecule has 0 bridgehead atoms. The topological polar surface area (TPSA) is 24.1 Å². The van der Waals surface area contributed by atoms with Gasteiger partial charge in [-0.15, -0.1) is 0 Å². The van der Waals surface area contributed by atoms with Crippen LogP contribution in [-0.2, 0) is 0 Å². The fourth-order valence-corrected chi connectivity index (χ4v) is 2.04. The van der Waals surface area contributed by atoms with Gasteiger partial charge in [-0.1, -0.05) is 19.3 Å². The van der Waals surface area contributed by atoms with Gasteiger partial charge in [0.1, 0.15) is 0 Å². The van der Waals surface area contributed by atoms with Crippen LogP contribution in [0.1, 0.15) is 39.0 Å². The molecule has 0 amide bonds. The standard InChI is InChI=1S/C9H18N2S/c1-9(11-8(12)10-2)6-4-3-5-7-9/h3-7H2,1-2H3,(H2,10,11,12). The lowest BCUT2D eigenvalue weighted by atomic mass is 9.83. The zero-order valence-corrected chi connectivity index (χ0v) is 8.76. The lowest BCUT2D eigenvalue weighted by molar-refractivity contribution is 0.290. The van der Waals surface area contributed by atoms with Crippen molar-refractivity contribution in [3.63, 3.8) is 0 Å². The monoisotopic (exact) mass is 186 g/mol. The van der Waals surface area contributed by atoms with Crippen LogP contribution in [-0.4, -0.2) is 17.7 Å². The van der Waals surface area contributed by atoms with Gasteiger partial charge in [0.25, 0.3) is 0 Å². The molecule has 0 radical (unpaired) electrons. The number of rotatable bonds is 1. The molecule has 0 atom stereocenters. The van der Waals surface area contributed by atoms with E-state index < -0.39 is 0 Å². The van der Waals surface area contributed by atoms with Crippen LogP contribution in [0.4, 0.5) is 0 Å². The Balaban J connectivity index is 2.41. The number of hydrogen-bond acceptors (Lipinski definition) is 1. The van der Waals surface area contributed by atoms with E-state index in [0.29, 0.717) is 0 Å². The lowest BCUT2D eigenvalue weighted by Gasteiger charge is -2.35. The summed E-state index contributed by atoms with van der Waals surface area (Å²) in [6.07, 6.45) is 6.53. The Labute approximate surface area is 80.1 Å². The fraction of sp³-hybridized carbons (Fsp3) is 0.889. The highest BCUT2D eigenvalue weighted by Crippen LogP contribution is 2.27. The van der Waals surface area contributed by atoms with Gasteiger partial charge in [0, 0.05) is 12.6 Å². The summed E-state index contributed by atoms with van der Waals surface area (Å²) in [4.78, 5) is 0. The van der Waals surface area contributed by atoms with Crippen molar-refractivity contribution in [3.05, 3.63) is 0 Å². The summed E-state index contributed by atoms with van der Waals surface area (Å²) in [6, 6.07) is 0. The second-order valence-electron chi connectivity index (χ2n) is 3.83. The van der Waals surface area contributed by atoms with E-state index in [2.05, 4.69) is 17.6 Å². The Hall–Kier alpha value is -0.310. The SMILES string of the molecule is CNC(=S)NC1(C)CCCCC1. The number of thiocarbonyl (C=S) groups is 1. The average Bonchev–Trinajstić information content (AvgIpc) is 2.05. The normalized spacial score (nSPS) is 21.5. The first kappa shape index (κ1) is 9.78. The van der Waals surface area contributed by atoms with Gasteiger partial charge >= 0.3 is 0 Å². The molecule has 2 nitrogen and oxygen atoms in total. The van der Waals surface area contributed by atoms with Crippen LogP contribution in [0.25, 0.3) is 0 Å². The molecular weight excluding hydrogens is 168 g/mol. The van der Waals surface area contributed by atoms with Crippen LogP contribution in [0, 0.1) is 0 Å². The van der Waals surface area contributed by atoms with E-state index in [-0.39, 0.29) is 5.54 Å². The highest BCUT2D eigenvalue weighted by molar-refractivity contribution is 7.80. The van der Waals surface area contributed by atoms with E-state index in [0.717, 1.165) is 5.11 Å². The van der Waals surface area contributed by atoms with Crippen molar-refractivity contribution in [2.75, 3.05) is 7.05 Å². The first-order valence-electron chi connectivity index (χ1n) is 4.66. The Morgan fingerprint density at radius 1 is 1.25 bits per heavy atom. The van der Waals surface area contributed by atoms with E-state index >= 15 is 0 Å². The summed E-state index contributed by atoms with van der Waals surface area (Å²) in [6.45, 7) is 2.26. The largest absolute Gasteiger partial charge is 0.366 e. The smallest absolute Gasteiger partial charge is 0.166 e. The Kier molecular flexibility index (Phi) is 3.32. The minimum Gasteiger partial charge on any atom is -0.366 e. The van der Waals surface area contributed by atoms with Gasteiger partial charge in [0.15, 0.2) is 5.11 Å². The maximum atomic E-state index is 5.09. The van der Waals surface area contributed by atoms with Crippen LogP contribution in [0.3, 0.4) is 0 Å². The molecule has 0 heterocycles. The molecule has 12 heavy (non-hydrogen) atoms. The Bertz CT molecular complexity index is 162. The summed E-state index contributed by atoms with van der Waals surface area (Å²) in [5.41, 5.74) is 0.248. The van der Waals surface area contributed by atoms with Gasteiger partial charge in [-0.2, -0.15) is 0 Å². The summed E-state index contributed by atoms with van der Waals surface area (Å²) in [5, 5.41) is 7.10. The minimum atomic E-state index is 0.248. The molecule has 1 aliphatic rings. The predicted octanol–water partition coefficient (Wildman–Crippen LogP) is 1.80. The first-order valence-corrected chi connectivity index (χ1v) is 5.07. The molecule has 2 N–H and O–H groups in total. The van der Waals surface area contributed by atoms with Crippen molar-refractivity contribution in [1.29, 1.82) is 0 Å². The van der Waals surface area contributed by atoms with Crippen LogP contribution in [0.15, 0.2) is 0 Å². The van der Waals surface area contributed by atoms with Crippen molar-refractivity contribution in [2.24, 2.45) is 0 Å². The van der Waals surface area contributed by atoms with Gasteiger partial charge in [-0.3, -0.25) is 0 Å². The lowest BCUT2D eigenvalue weighted by Crippen LogP contribution is -2.50. The van der Waals surface area contributed by atoms with Crippen molar-refractivity contribution in [1.82, 2.24) is 10.6 Å². The molecule has 3 heteroatoms. The number of hydrogen-bond donors (Lipinski definition) is 2. The molecule has 0 unspecified atom stereocenters. The fourth-order valence-electron chi connectivity index (χ4n) is 1.79. The van der Waals surface area contributed by atoms with Gasteiger partial charge < -0.3 is 10.6 Å². The van der Waals surface area contributed by atoms with Gasteiger partial charge in [-0.25, -0.2) is 0 Å². The third kappa shape index (κ3) is 2.63. The molecule has 1 fully saturated rings. The van der Waals surface area contributed by atoms with E-state index in [1.807, 2.05) is 7.05 Å². The van der Waals surface area contributed by atoms with Crippen LogP contribution in [0.5, 0.6) is 0 Å². The third-order valence-corrected chi connectivity index (χ3v) is 2.91. The second kappa shape index (κ2) is 4.08. The zero-order chi connectivity index (χ0) is 9.03. The van der Waals surface area contributed by atoms with Gasteiger partial charge in [0.05, 0.1) is 0 Å². The highest BCUT2D eigenvalue weighted by atomic mass is 32.1. The third-order valence-electron chi connectivity index (χ3n) is 2.60. The summed E-state index contributed by atoms with van der Waals surface area (Å²) in [5.74, 6) is 0. The van der Waals surface area contributed by atoms with E-state index in [1.165, 1.54) is 32.1 Å². The van der Waals surface area contributed by atoms with Gasteiger partial charge in [-0.05, 0) is 32.0 Å². The molecule has 0 aromatic heterocycles.